The van der Waals surface area contributed by atoms with Crippen molar-refractivity contribution in [1.82, 2.24) is 4.98 Å². The highest BCUT2D eigenvalue weighted by Gasteiger charge is 2.28. The summed E-state index contributed by atoms with van der Waals surface area (Å²) in [5.41, 5.74) is 8.65. The molecule has 1 unspecified atom stereocenters. The number of methoxy groups -OCH3 is 1. The summed E-state index contributed by atoms with van der Waals surface area (Å²) in [4.78, 5) is 39.7. The Kier molecular flexibility index (Phi) is 5.50. The fourth-order valence-corrected chi connectivity index (χ4v) is 2.74. The first kappa shape index (κ1) is 19.2. The van der Waals surface area contributed by atoms with Crippen LogP contribution in [0.3, 0.4) is 0 Å². The van der Waals surface area contributed by atoms with E-state index in [4.69, 9.17) is 15.2 Å². The zero-order valence-electron chi connectivity index (χ0n) is 15.4. The second-order valence-corrected chi connectivity index (χ2v) is 6.06. The second kappa shape index (κ2) is 7.43. The first-order chi connectivity index (χ1) is 12.2. The van der Waals surface area contributed by atoms with Crippen molar-refractivity contribution in [3.63, 3.8) is 0 Å². The van der Waals surface area contributed by atoms with Gasteiger partial charge in [-0.3, -0.25) is 4.79 Å². The number of carbonyl (C=O) groups is 3. The van der Waals surface area contributed by atoms with Crippen LogP contribution in [0, 0.1) is 20.8 Å². The van der Waals surface area contributed by atoms with Gasteiger partial charge in [-0.15, -0.1) is 0 Å². The molecule has 0 radical (unpaired) electrons. The Labute approximate surface area is 151 Å². The van der Waals surface area contributed by atoms with Crippen LogP contribution in [-0.2, 0) is 9.47 Å². The molecule has 1 aromatic heterocycles. The molecule has 2 rings (SSSR count). The number of H-pyrrole nitrogens is 1. The van der Waals surface area contributed by atoms with Crippen molar-refractivity contribution in [3.8, 4) is 0 Å². The van der Waals surface area contributed by atoms with Crippen LogP contribution >= 0.6 is 0 Å². The molecule has 1 atom stereocenters. The lowest BCUT2D eigenvalue weighted by atomic mass is 10.1. The molecule has 0 fully saturated rings. The molecule has 2 aromatic rings. The van der Waals surface area contributed by atoms with Crippen LogP contribution in [0.5, 0.6) is 0 Å². The number of anilines is 1. The predicted octanol–water partition coefficient (Wildman–Crippen LogP) is 2.74. The van der Waals surface area contributed by atoms with E-state index >= 15 is 0 Å². The van der Waals surface area contributed by atoms with Crippen molar-refractivity contribution >= 4 is 23.4 Å². The number of hydrogen-bond donors (Lipinski definition) is 2. The highest BCUT2D eigenvalue weighted by molar-refractivity contribution is 6.05. The first-order valence-electron chi connectivity index (χ1n) is 8.06. The van der Waals surface area contributed by atoms with E-state index in [9.17, 15) is 14.4 Å². The van der Waals surface area contributed by atoms with Crippen LogP contribution in [0.25, 0.3) is 0 Å². The van der Waals surface area contributed by atoms with Crippen molar-refractivity contribution in [2.75, 3.05) is 12.8 Å². The van der Waals surface area contributed by atoms with Gasteiger partial charge in [-0.1, -0.05) is 12.1 Å². The van der Waals surface area contributed by atoms with E-state index in [1.165, 1.54) is 14.0 Å². The molecule has 138 valence electrons. The van der Waals surface area contributed by atoms with Gasteiger partial charge < -0.3 is 20.2 Å². The molecule has 0 aliphatic heterocycles. The number of nitrogen functional groups attached to an aromatic ring is 1. The fourth-order valence-electron chi connectivity index (χ4n) is 2.74. The van der Waals surface area contributed by atoms with Crippen LogP contribution in [0.2, 0.25) is 0 Å². The zero-order chi connectivity index (χ0) is 19.6. The predicted molar refractivity (Wildman–Crippen MR) is 96.4 cm³/mol. The van der Waals surface area contributed by atoms with E-state index in [0.29, 0.717) is 22.5 Å². The third kappa shape index (κ3) is 3.46. The summed E-state index contributed by atoms with van der Waals surface area (Å²) >= 11 is 0. The molecule has 7 heteroatoms. The van der Waals surface area contributed by atoms with Gasteiger partial charge in [0.05, 0.1) is 23.9 Å². The summed E-state index contributed by atoms with van der Waals surface area (Å²) in [5.74, 6) is -1.66. The molecule has 0 aliphatic carbocycles. The number of carbonyl (C=O) groups excluding carboxylic acids is 3. The van der Waals surface area contributed by atoms with E-state index in [1.807, 2.05) is 0 Å². The Balaban J connectivity index is 2.24. The van der Waals surface area contributed by atoms with Crippen LogP contribution < -0.4 is 5.73 Å². The Morgan fingerprint density at radius 1 is 1.12 bits per heavy atom. The van der Waals surface area contributed by atoms with Crippen molar-refractivity contribution in [2.45, 2.75) is 33.8 Å². The average Bonchev–Trinajstić information content (AvgIpc) is 2.90. The smallest absolute Gasteiger partial charge is 0.340 e. The average molecular weight is 358 g/mol. The number of benzene rings is 1. The minimum absolute atomic E-state index is 0.208. The van der Waals surface area contributed by atoms with E-state index < -0.39 is 23.8 Å². The molecule has 0 aliphatic rings. The SMILES string of the molecule is COC(=O)c1c(C)[nH]c(C(=O)C(C)OC(=O)c2cccc(C)c2N)c1C. The molecule has 26 heavy (non-hydrogen) atoms. The number of nitrogens with one attached hydrogen (secondary N) is 1. The minimum atomic E-state index is -1.05. The Bertz CT molecular complexity index is 882. The molecular weight excluding hydrogens is 336 g/mol. The second-order valence-electron chi connectivity index (χ2n) is 6.06. The van der Waals surface area contributed by atoms with Crippen molar-refractivity contribution < 1.29 is 23.9 Å². The van der Waals surface area contributed by atoms with E-state index in [1.54, 1.807) is 39.0 Å². The van der Waals surface area contributed by atoms with Crippen molar-refractivity contribution in [3.05, 3.63) is 51.8 Å². The number of aromatic nitrogens is 1. The number of Topliss-reactive ketones (excluding diaryl/α,β-unsaturated/α-hetero) is 1. The molecule has 0 saturated carbocycles. The van der Waals surface area contributed by atoms with Gasteiger partial charge in [0.25, 0.3) is 0 Å². The van der Waals surface area contributed by atoms with E-state index in [0.717, 1.165) is 5.56 Å². The Hall–Kier alpha value is -3.09. The maximum atomic E-state index is 12.7. The van der Waals surface area contributed by atoms with Gasteiger partial charge in [0.1, 0.15) is 0 Å². The number of nitrogens with two attached hydrogens (primary N) is 1. The summed E-state index contributed by atoms with van der Waals surface area (Å²) in [6, 6.07) is 5.01. The highest BCUT2D eigenvalue weighted by atomic mass is 16.5. The van der Waals surface area contributed by atoms with Gasteiger partial charge in [0, 0.05) is 11.4 Å². The number of hydrogen-bond acceptors (Lipinski definition) is 6. The summed E-state index contributed by atoms with van der Waals surface area (Å²) in [6.45, 7) is 6.55. The first-order valence-corrected chi connectivity index (χ1v) is 8.06. The Morgan fingerprint density at radius 2 is 1.77 bits per heavy atom. The number of ether oxygens (including phenoxy) is 2. The number of aromatic amines is 1. The quantitative estimate of drug-likeness (QED) is 0.483. The monoisotopic (exact) mass is 358 g/mol. The topological polar surface area (TPSA) is 111 Å². The molecule has 3 N–H and O–H groups in total. The van der Waals surface area contributed by atoms with Crippen LogP contribution in [-0.4, -0.2) is 35.9 Å². The van der Waals surface area contributed by atoms with Gasteiger partial charge in [0.2, 0.25) is 5.78 Å². The summed E-state index contributed by atoms with van der Waals surface area (Å²) in [7, 11) is 1.27. The van der Waals surface area contributed by atoms with Crippen molar-refractivity contribution in [1.29, 1.82) is 0 Å². The third-order valence-corrected chi connectivity index (χ3v) is 4.27. The van der Waals surface area contributed by atoms with E-state index in [-0.39, 0.29) is 11.3 Å². The van der Waals surface area contributed by atoms with Gasteiger partial charge >= 0.3 is 11.9 Å². The number of para-hydroxylation sites is 1. The normalized spacial score (nSPS) is 11.7. The molecule has 0 bridgehead atoms. The standard InChI is InChI=1S/C19H22N2O5/c1-9-7-6-8-13(15(9)20)18(23)26-12(4)17(22)16-10(2)14(11(3)21-16)19(24)25-5/h6-8,12,21H,20H2,1-5H3. The molecule has 0 spiro atoms. The summed E-state index contributed by atoms with van der Waals surface area (Å²) in [6.07, 6.45) is -1.05. The lowest BCUT2D eigenvalue weighted by Crippen LogP contribution is -2.26. The number of rotatable bonds is 5. The highest BCUT2D eigenvalue weighted by Crippen LogP contribution is 2.22. The van der Waals surface area contributed by atoms with Crippen LogP contribution in [0.15, 0.2) is 18.2 Å². The lowest BCUT2D eigenvalue weighted by molar-refractivity contribution is 0.0317. The van der Waals surface area contributed by atoms with Gasteiger partial charge in [-0.2, -0.15) is 0 Å². The summed E-state index contributed by atoms with van der Waals surface area (Å²) in [5, 5.41) is 0. The largest absolute Gasteiger partial charge is 0.465 e. The molecular formula is C19H22N2O5. The molecule has 1 heterocycles. The van der Waals surface area contributed by atoms with Gasteiger partial charge in [0.15, 0.2) is 6.10 Å². The maximum Gasteiger partial charge on any atom is 0.340 e. The Morgan fingerprint density at radius 3 is 2.38 bits per heavy atom. The van der Waals surface area contributed by atoms with E-state index in [2.05, 4.69) is 4.98 Å². The minimum Gasteiger partial charge on any atom is -0.465 e. The number of ketones is 1. The number of esters is 2. The van der Waals surface area contributed by atoms with Gasteiger partial charge in [-0.05, 0) is 44.9 Å². The fraction of sp³-hybridized carbons (Fsp3) is 0.316. The van der Waals surface area contributed by atoms with Crippen molar-refractivity contribution in [2.24, 2.45) is 0 Å². The maximum absolute atomic E-state index is 12.7. The zero-order valence-corrected chi connectivity index (χ0v) is 15.4. The third-order valence-electron chi connectivity index (χ3n) is 4.27. The molecule has 1 aromatic carbocycles. The lowest BCUT2D eigenvalue weighted by Gasteiger charge is -2.14. The van der Waals surface area contributed by atoms with Gasteiger partial charge in [-0.25, -0.2) is 9.59 Å². The molecule has 7 nitrogen and oxygen atoms in total. The van der Waals surface area contributed by atoms with Crippen LogP contribution in [0.1, 0.15) is 54.9 Å². The van der Waals surface area contributed by atoms with Crippen LogP contribution in [0.4, 0.5) is 5.69 Å². The molecule has 0 amide bonds. The molecule has 0 saturated heterocycles. The summed E-state index contributed by atoms with van der Waals surface area (Å²) < 4.78 is 10.0. The number of aryl methyl sites for hydroxylation is 2.